The van der Waals surface area contributed by atoms with Gasteiger partial charge in [-0.3, -0.25) is 9.69 Å². The number of ether oxygens (including phenoxy) is 1. The number of benzene rings is 1. The van der Waals surface area contributed by atoms with Crippen molar-refractivity contribution < 1.29 is 14.6 Å². The van der Waals surface area contributed by atoms with Gasteiger partial charge in [-0.25, -0.2) is 4.98 Å². The van der Waals surface area contributed by atoms with Crippen molar-refractivity contribution in [3.8, 4) is 11.8 Å². The molecule has 0 bridgehead atoms. The lowest BCUT2D eigenvalue weighted by Gasteiger charge is -2.43. The number of hydrogen-bond acceptors (Lipinski definition) is 7. The molecule has 3 heterocycles. The summed E-state index contributed by atoms with van der Waals surface area (Å²) in [5.74, 6) is 0.694. The van der Waals surface area contributed by atoms with Crippen LogP contribution in [0.4, 0.5) is 11.4 Å². The van der Waals surface area contributed by atoms with Crippen molar-refractivity contribution in [2.45, 2.75) is 43.7 Å². The number of pyridine rings is 1. The summed E-state index contributed by atoms with van der Waals surface area (Å²) in [4.78, 5) is 23.3. The van der Waals surface area contributed by atoms with Crippen molar-refractivity contribution in [2.75, 3.05) is 36.0 Å². The third kappa shape index (κ3) is 4.25. The topological polar surface area (TPSA) is 92.9 Å². The molecule has 182 valence electrons. The van der Waals surface area contributed by atoms with Crippen LogP contribution < -0.4 is 14.5 Å². The van der Waals surface area contributed by atoms with E-state index in [1.54, 1.807) is 6.07 Å². The van der Waals surface area contributed by atoms with Crippen molar-refractivity contribution in [2.24, 2.45) is 0 Å². The highest BCUT2D eigenvalue weighted by Gasteiger charge is 2.59. The van der Waals surface area contributed by atoms with Gasteiger partial charge in [-0.15, -0.1) is 0 Å². The smallest absolute Gasteiger partial charge is 0.259 e. The van der Waals surface area contributed by atoms with E-state index in [1.807, 2.05) is 35.2 Å². The molecule has 5 rings (SSSR count). The van der Waals surface area contributed by atoms with Crippen LogP contribution in [-0.4, -0.2) is 63.9 Å². The van der Waals surface area contributed by atoms with Gasteiger partial charge >= 0.3 is 0 Å². The molecule has 1 aromatic carbocycles. The first-order valence-electron chi connectivity index (χ1n) is 11.8. The monoisotopic (exact) mass is 511 g/mol. The molecule has 0 unspecified atom stereocenters. The summed E-state index contributed by atoms with van der Waals surface area (Å²) >= 11 is 12.0. The molecule has 0 radical (unpaired) electrons. The zero-order valence-electron chi connectivity index (χ0n) is 19.2. The van der Waals surface area contributed by atoms with Gasteiger partial charge < -0.3 is 19.6 Å². The third-order valence-electron chi connectivity index (χ3n) is 7.13. The molecule has 8 nitrogen and oxygen atoms in total. The number of carbonyl (C=O) groups excluding carboxylic acids is 1. The number of β-amino-alcohol motifs (C(OH)–C–C–N with tert-alkyl or cyclic N) is 1. The fraction of sp³-hybridized carbons (Fsp3) is 0.440. The quantitative estimate of drug-likeness (QED) is 0.589. The predicted octanol–water partition coefficient (Wildman–Crippen LogP) is 3.50. The number of aliphatic hydroxyl groups is 1. The van der Waals surface area contributed by atoms with Crippen molar-refractivity contribution in [3.05, 3.63) is 47.2 Å². The molecular weight excluding hydrogens is 486 g/mol. The van der Waals surface area contributed by atoms with Gasteiger partial charge in [0.05, 0.1) is 23.5 Å². The molecule has 2 aromatic rings. The number of anilines is 2. The molecule has 0 atom stereocenters. The maximum Gasteiger partial charge on any atom is 0.259 e. The van der Waals surface area contributed by atoms with Crippen LogP contribution >= 0.6 is 23.8 Å². The summed E-state index contributed by atoms with van der Waals surface area (Å²) in [6.45, 7) is 2.72. The normalized spacial score (nSPS) is 20.3. The first-order chi connectivity index (χ1) is 17.0. The molecule has 10 heteroatoms. The van der Waals surface area contributed by atoms with Crippen LogP contribution in [0.1, 0.15) is 37.8 Å². The van der Waals surface area contributed by atoms with Crippen molar-refractivity contribution in [3.63, 3.8) is 0 Å². The van der Waals surface area contributed by atoms with Gasteiger partial charge in [0.25, 0.3) is 5.91 Å². The van der Waals surface area contributed by atoms with Crippen LogP contribution in [-0.2, 0) is 4.79 Å². The number of rotatable bonds is 6. The number of likely N-dealkylation sites (tertiary alicyclic amines) is 1. The van der Waals surface area contributed by atoms with Crippen LogP contribution in [0.15, 0.2) is 36.5 Å². The average Bonchev–Trinajstić information content (AvgIpc) is 3.07. The van der Waals surface area contributed by atoms with E-state index in [2.05, 4.69) is 9.88 Å². The molecule has 3 aliphatic rings. The lowest BCUT2D eigenvalue weighted by atomic mass is 9.75. The Morgan fingerprint density at radius 1 is 1.23 bits per heavy atom. The maximum atomic E-state index is 13.6. The van der Waals surface area contributed by atoms with Gasteiger partial charge in [0.1, 0.15) is 23.5 Å². The first-order valence-corrected chi connectivity index (χ1v) is 12.6. The van der Waals surface area contributed by atoms with Gasteiger partial charge in [-0.05, 0) is 74.7 Å². The highest BCUT2D eigenvalue weighted by Crippen LogP contribution is 2.48. The van der Waals surface area contributed by atoms with Gasteiger partial charge in [-0.2, -0.15) is 5.26 Å². The standard InChI is InChI=1S/C25H26ClN5O3S/c26-21-14-18(16-28-22(21)15-27)30-23(33)25(8-1-9-25)31(24(30)35)17-2-4-19(5-3-17)34-20-6-10-29(11-7-20)12-13-32/h2-5,14,16,20,32H,1,6-13H2. The number of carbonyl (C=O) groups is 1. The first kappa shape index (κ1) is 23.9. The van der Waals surface area contributed by atoms with Crippen molar-refractivity contribution in [1.82, 2.24) is 9.88 Å². The summed E-state index contributed by atoms with van der Waals surface area (Å²) in [6.07, 6.45) is 5.83. The molecule has 35 heavy (non-hydrogen) atoms. The highest BCUT2D eigenvalue weighted by molar-refractivity contribution is 7.81. The van der Waals surface area contributed by atoms with E-state index in [0.717, 1.165) is 43.8 Å². The lowest BCUT2D eigenvalue weighted by molar-refractivity contribution is -0.123. The summed E-state index contributed by atoms with van der Waals surface area (Å²) in [5, 5.41) is 18.8. The number of hydrogen-bond donors (Lipinski definition) is 1. The number of aliphatic hydroxyl groups excluding tert-OH is 1. The summed E-state index contributed by atoms with van der Waals surface area (Å²) in [5.41, 5.74) is 0.700. The molecule has 1 aliphatic carbocycles. The minimum absolute atomic E-state index is 0.0914. The van der Waals surface area contributed by atoms with E-state index in [9.17, 15) is 4.79 Å². The summed E-state index contributed by atoms with van der Waals surface area (Å²) in [7, 11) is 0. The SMILES string of the molecule is N#Cc1ncc(N2C(=O)C3(CCC3)N(c3ccc(OC4CCN(CCO)CC4)cc3)C2=S)cc1Cl. The Balaban J connectivity index is 1.34. The Bertz CT molecular complexity index is 1170. The molecular formula is C25H26ClN5O3S. The second-order valence-corrected chi connectivity index (χ2v) is 9.93. The van der Waals surface area contributed by atoms with Crippen LogP contribution in [0.25, 0.3) is 0 Å². The molecule has 1 saturated carbocycles. The number of nitriles is 1. The second-order valence-electron chi connectivity index (χ2n) is 9.16. The molecule has 2 aliphatic heterocycles. The Labute approximate surface area is 214 Å². The van der Waals surface area contributed by atoms with E-state index in [0.29, 0.717) is 30.2 Å². The van der Waals surface area contributed by atoms with E-state index >= 15 is 0 Å². The molecule has 1 N–H and O–H groups in total. The molecule has 3 fully saturated rings. The minimum atomic E-state index is -0.709. The van der Waals surface area contributed by atoms with Gasteiger partial charge in [0, 0.05) is 25.3 Å². The van der Waals surface area contributed by atoms with Crippen molar-refractivity contribution in [1.29, 1.82) is 5.26 Å². The number of piperidine rings is 1. The summed E-state index contributed by atoms with van der Waals surface area (Å²) < 4.78 is 6.20. The average molecular weight is 512 g/mol. The van der Waals surface area contributed by atoms with Crippen LogP contribution in [0.2, 0.25) is 5.02 Å². The van der Waals surface area contributed by atoms with Gasteiger partial charge in [0.15, 0.2) is 10.8 Å². The van der Waals surface area contributed by atoms with E-state index in [4.69, 9.17) is 38.9 Å². The fourth-order valence-electron chi connectivity index (χ4n) is 5.10. The predicted molar refractivity (Wildman–Crippen MR) is 137 cm³/mol. The number of aromatic nitrogens is 1. The van der Waals surface area contributed by atoms with E-state index in [-0.39, 0.29) is 29.3 Å². The van der Waals surface area contributed by atoms with Crippen LogP contribution in [0, 0.1) is 11.3 Å². The van der Waals surface area contributed by atoms with E-state index in [1.165, 1.54) is 11.1 Å². The lowest BCUT2D eigenvalue weighted by Crippen LogP contribution is -2.55. The van der Waals surface area contributed by atoms with Crippen molar-refractivity contribution >= 4 is 46.2 Å². The Kier molecular flexibility index (Phi) is 6.64. The third-order valence-corrected chi connectivity index (χ3v) is 7.79. The highest BCUT2D eigenvalue weighted by atomic mass is 35.5. The Hall–Kier alpha value is -2.77. The Morgan fingerprint density at radius 3 is 2.51 bits per heavy atom. The fourth-order valence-corrected chi connectivity index (χ4v) is 5.77. The van der Waals surface area contributed by atoms with Crippen LogP contribution in [0.5, 0.6) is 5.75 Å². The molecule has 2 saturated heterocycles. The largest absolute Gasteiger partial charge is 0.490 e. The number of halogens is 1. The summed E-state index contributed by atoms with van der Waals surface area (Å²) in [6, 6.07) is 11.3. The zero-order valence-corrected chi connectivity index (χ0v) is 20.8. The van der Waals surface area contributed by atoms with E-state index < -0.39 is 5.54 Å². The number of thiocarbonyl (C=S) groups is 1. The van der Waals surface area contributed by atoms with Gasteiger partial charge in [-0.1, -0.05) is 11.6 Å². The molecule has 1 spiro atoms. The molecule has 1 aromatic heterocycles. The molecule has 1 amide bonds. The second kappa shape index (κ2) is 9.70. The minimum Gasteiger partial charge on any atom is -0.490 e. The van der Waals surface area contributed by atoms with Gasteiger partial charge in [0.2, 0.25) is 0 Å². The number of amides is 1. The number of nitrogens with zero attached hydrogens (tertiary/aromatic N) is 5. The zero-order chi connectivity index (χ0) is 24.6. The van der Waals surface area contributed by atoms with Crippen LogP contribution in [0.3, 0.4) is 0 Å². The Morgan fingerprint density at radius 2 is 1.94 bits per heavy atom. The maximum absolute atomic E-state index is 13.6.